The lowest BCUT2D eigenvalue weighted by Gasteiger charge is -2.15. The highest BCUT2D eigenvalue weighted by atomic mass is 35.5. The molecular formula is C8H19ClO2Si. The molecule has 0 unspecified atom stereocenters. The first-order chi connectivity index (χ1) is 5.56. The summed E-state index contributed by atoms with van der Waals surface area (Å²) in [5, 5.41) is 0. The second kappa shape index (κ2) is 6.89. The molecule has 0 amide bonds. The zero-order valence-electron chi connectivity index (χ0n) is 8.23. The number of hydrogen-bond donors (Lipinski definition) is 0. The largest absolute Gasteiger partial charge is 0.379 e. The SMILES string of the molecule is C[Si](C)(C)CCOCCOCCl. The summed E-state index contributed by atoms with van der Waals surface area (Å²) >= 11 is 5.32. The number of rotatable bonds is 7. The van der Waals surface area contributed by atoms with Crippen LogP contribution in [0.3, 0.4) is 0 Å². The first-order valence-corrected chi connectivity index (χ1v) is 8.52. The van der Waals surface area contributed by atoms with E-state index in [9.17, 15) is 0 Å². The predicted molar refractivity (Wildman–Crippen MR) is 55.6 cm³/mol. The summed E-state index contributed by atoms with van der Waals surface area (Å²) in [6.45, 7) is 9.15. The van der Waals surface area contributed by atoms with E-state index >= 15 is 0 Å². The van der Waals surface area contributed by atoms with Gasteiger partial charge in [0, 0.05) is 14.7 Å². The van der Waals surface area contributed by atoms with Crippen molar-refractivity contribution in [2.45, 2.75) is 25.7 Å². The number of alkyl halides is 1. The molecule has 0 aromatic heterocycles. The van der Waals surface area contributed by atoms with Crippen molar-refractivity contribution in [2.75, 3.05) is 25.9 Å². The molecule has 0 heterocycles. The van der Waals surface area contributed by atoms with Crippen LogP contribution in [0.2, 0.25) is 25.7 Å². The van der Waals surface area contributed by atoms with Crippen LogP contribution in [0.15, 0.2) is 0 Å². The lowest BCUT2D eigenvalue weighted by atomic mass is 10.7. The minimum Gasteiger partial charge on any atom is -0.379 e. The van der Waals surface area contributed by atoms with E-state index in [4.69, 9.17) is 21.1 Å². The Morgan fingerprint density at radius 1 is 1.00 bits per heavy atom. The predicted octanol–water partition coefficient (Wildman–Crippen LogP) is 2.55. The fourth-order valence-electron chi connectivity index (χ4n) is 0.653. The van der Waals surface area contributed by atoms with Gasteiger partial charge in [-0.3, -0.25) is 0 Å². The Hall–Kier alpha value is 0.427. The van der Waals surface area contributed by atoms with Crippen LogP contribution >= 0.6 is 11.6 Å². The van der Waals surface area contributed by atoms with E-state index in [0.717, 1.165) is 6.61 Å². The Morgan fingerprint density at radius 3 is 2.08 bits per heavy atom. The average molecular weight is 211 g/mol. The highest BCUT2D eigenvalue weighted by Crippen LogP contribution is 2.07. The van der Waals surface area contributed by atoms with Gasteiger partial charge in [-0.2, -0.15) is 0 Å². The van der Waals surface area contributed by atoms with Gasteiger partial charge in [0.05, 0.1) is 13.2 Å². The summed E-state index contributed by atoms with van der Waals surface area (Å²) in [6.07, 6.45) is 0. The monoisotopic (exact) mass is 210 g/mol. The van der Waals surface area contributed by atoms with Crippen LogP contribution in [0, 0.1) is 0 Å². The lowest BCUT2D eigenvalue weighted by Crippen LogP contribution is -2.22. The van der Waals surface area contributed by atoms with Crippen molar-refractivity contribution in [3.63, 3.8) is 0 Å². The van der Waals surface area contributed by atoms with Crippen LogP contribution in [0.4, 0.5) is 0 Å². The molecule has 0 saturated heterocycles. The Balaban J connectivity index is 3.01. The topological polar surface area (TPSA) is 18.5 Å². The quantitative estimate of drug-likeness (QED) is 0.365. The van der Waals surface area contributed by atoms with Crippen LogP contribution < -0.4 is 0 Å². The van der Waals surface area contributed by atoms with Crippen molar-refractivity contribution in [3.8, 4) is 0 Å². The molecule has 0 rings (SSSR count). The highest BCUT2D eigenvalue weighted by Gasteiger charge is 2.11. The van der Waals surface area contributed by atoms with Gasteiger partial charge in [0.15, 0.2) is 0 Å². The Bertz CT molecular complexity index is 104. The van der Waals surface area contributed by atoms with Crippen molar-refractivity contribution in [3.05, 3.63) is 0 Å². The molecule has 2 nitrogen and oxygen atoms in total. The summed E-state index contributed by atoms with van der Waals surface area (Å²) in [4.78, 5) is 0. The minimum atomic E-state index is -0.918. The Morgan fingerprint density at radius 2 is 1.58 bits per heavy atom. The van der Waals surface area contributed by atoms with Crippen molar-refractivity contribution in [2.24, 2.45) is 0 Å². The zero-order chi connectivity index (χ0) is 9.45. The van der Waals surface area contributed by atoms with Gasteiger partial charge in [-0.15, -0.1) is 0 Å². The van der Waals surface area contributed by atoms with Crippen LogP contribution in [0.25, 0.3) is 0 Å². The number of ether oxygens (including phenoxy) is 2. The molecule has 0 radical (unpaired) electrons. The van der Waals surface area contributed by atoms with Gasteiger partial charge in [-0.25, -0.2) is 0 Å². The summed E-state index contributed by atoms with van der Waals surface area (Å²) in [5.74, 6) is 0. The van der Waals surface area contributed by atoms with E-state index in [1.807, 2.05) is 0 Å². The zero-order valence-corrected chi connectivity index (χ0v) is 9.99. The summed E-state index contributed by atoms with van der Waals surface area (Å²) in [7, 11) is -0.918. The Labute approximate surface area is 81.2 Å². The molecule has 4 heteroatoms. The van der Waals surface area contributed by atoms with E-state index in [1.54, 1.807) is 0 Å². The molecule has 12 heavy (non-hydrogen) atoms. The standard InChI is InChI=1S/C8H19ClO2Si/c1-12(2,3)7-6-10-4-5-11-8-9/h4-8H2,1-3H3. The van der Waals surface area contributed by atoms with Gasteiger partial charge < -0.3 is 9.47 Å². The maximum absolute atomic E-state index is 5.36. The van der Waals surface area contributed by atoms with Crippen molar-refractivity contribution >= 4 is 19.7 Å². The van der Waals surface area contributed by atoms with Gasteiger partial charge in [-0.1, -0.05) is 31.2 Å². The molecule has 0 aromatic rings. The molecule has 0 bridgehead atoms. The van der Waals surface area contributed by atoms with E-state index in [2.05, 4.69) is 19.6 Å². The summed E-state index contributed by atoms with van der Waals surface area (Å²) in [5.41, 5.74) is 0. The maximum Gasteiger partial charge on any atom is 0.120 e. The van der Waals surface area contributed by atoms with E-state index in [0.29, 0.717) is 13.2 Å². The van der Waals surface area contributed by atoms with Gasteiger partial charge in [0.2, 0.25) is 0 Å². The third-order valence-electron chi connectivity index (χ3n) is 1.45. The first-order valence-electron chi connectivity index (χ1n) is 4.28. The number of halogens is 1. The van der Waals surface area contributed by atoms with E-state index < -0.39 is 8.07 Å². The van der Waals surface area contributed by atoms with Gasteiger partial charge in [-0.05, 0) is 6.04 Å². The molecule has 0 aromatic carbocycles. The summed E-state index contributed by atoms with van der Waals surface area (Å²) in [6, 6.07) is 1.48. The first kappa shape index (κ1) is 12.4. The van der Waals surface area contributed by atoms with Gasteiger partial charge in [0.25, 0.3) is 0 Å². The summed E-state index contributed by atoms with van der Waals surface area (Å²) < 4.78 is 10.3. The molecule has 0 atom stereocenters. The van der Waals surface area contributed by atoms with Gasteiger partial charge in [0.1, 0.15) is 6.07 Å². The molecule has 0 aliphatic heterocycles. The molecule has 0 aliphatic rings. The highest BCUT2D eigenvalue weighted by molar-refractivity contribution is 6.76. The van der Waals surface area contributed by atoms with E-state index in [1.165, 1.54) is 6.04 Å². The second-order valence-corrected chi connectivity index (χ2v) is 9.78. The molecule has 74 valence electrons. The van der Waals surface area contributed by atoms with Crippen LogP contribution in [0.1, 0.15) is 0 Å². The molecule has 0 spiro atoms. The molecule has 0 saturated carbocycles. The molecule has 0 fully saturated rings. The molecular weight excluding hydrogens is 192 g/mol. The Kier molecular flexibility index (Phi) is 7.14. The van der Waals surface area contributed by atoms with Crippen LogP contribution in [-0.4, -0.2) is 34.0 Å². The van der Waals surface area contributed by atoms with Crippen molar-refractivity contribution in [1.82, 2.24) is 0 Å². The molecule has 0 N–H and O–H groups in total. The third-order valence-corrected chi connectivity index (χ3v) is 3.30. The van der Waals surface area contributed by atoms with Crippen LogP contribution in [0.5, 0.6) is 0 Å². The van der Waals surface area contributed by atoms with Crippen LogP contribution in [-0.2, 0) is 9.47 Å². The fourth-order valence-corrected chi connectivity index (χ4v) is 1.52. The smallest absolute Gasteiger partial charge is 0.120 e. The maximum atomic E-state index is 5.36. The minimum absolute atomic E-state index is 0.261. The third kappa shape index (κ3) is 10.4. The average Bonchev–Trinajstić information content (AvgIpc) is 1.94. The number of hydrogen-bond acceptors (Lipinski definition) is 2. The van der Waals surface area contributed by atoms with Gasteiger partial charge >= 0.3 is 0 Å². The van der Waals surface area contributed by atoms with Crippen molar-refractivity contribution in [1.29, 1.82) is 0 Å². The fraction of sp³-hybridized carbons (Fsp3) is 1.00. The lowest BCUT2D eigenvalue weighted by molar-refractivity contribution is 0.0704. The van der Waals surface area contributed by atoms with E-state index in [-0.39, 0.29) is 6.07 Å². The second-order valence-electron chi connectivity index (χ2n) is 3.94. The normalized spacial score (nSPS) is 12.0. The van der Waals surface area contributed by atoms with Crippen molar-refractivity contribution < 1.29 is 9.47 Å². The molecule has 0 aliphatic carbocycles.